The van der Waals surface area contributed by atoms with Crippen LogP contribution < -0.4 is 10.4 Å². The summed E-state index contributed by atoms with van der Waals surface area (Å²) in [5.74, 6) is 0.176. The van der Waals surface area contributed by atoms with Crippen LogP contribution in [0.15, 0.2) is 54.6 Å². The van der Waals surface area contributed by atoms with Crippen molar-refractivity contribution in [2.24, 2.45) is 0 Å². The molecule has 2 aromatic carbocycles. The Labute approximate surface area is 115 Å². The fraction of sp³-hybridized carbons (Fsp3) is 0.250. The monoisotopic (exact) mass is 272 g/mol. The molecule has 3 heteroatoms. The largest absolute Gasteiger partial charge is 0.508 e. The molecule has 0 fully saturated rings. The summed E-state index contributed by atoms with van der Waals surface area (Å²) in [5.41, 5.74) is 0. The molecule has 1 unspecified atom stereocenters. The quantitative estimate of drug-likeness (QED) is 0.823. The van der Waals surface area contributed by atoms with Crippen LogP contribution in [0.25, 0.3) is 0 Å². The van der Waals surface area contributed by atoms with Crippen molar-refractivity contribution in [1.82, 2.24) is 0 Å². The van der Waals surface area contributed by atoms with Gasteiger partial charge >= 0.3 is 0 Å². The van der Waals surface area contributed by atoms with E-state index in [-0.39, 0.29) is 10.8 Å². The van der Waals surface area contributed by atoms with Gasteiger partial charge in [-0.1, -0.05) is 69.3 Å². The van der Waals surface area contributed by atoms with Crippen molar-refractivity contribution in [3.05, 3.63) is 54.6 Å². The number of phenolic OH excluding ortho intramolecular Hbond substituents is 1. The van der Waals surface area contributed by atoms with Gasteiger partial charge in [0.05, 0.1) is 0 Å². The molecule has 0 radical (unpaired) electrons. The summed E-state index contributed by atoms with van der Waals surface area (Å²) in [5, 5.41) is 11.4. The number of phenols is 1. The first-order valence-electron chi connectivity index (χ1n) is 6.44. The topological polar surface area (TPSA) is 40.5 Å². The molecule has 0 amide bonds. The molecule has 0 aromatic heterocycles. The SMILES string of the molecule is CC(C)(C)[Si](O)(c1ccccc1)c1ccccc1O. The molecular formula is C16H20O2Si. The summed E-state index contributed by atoms with van der Waals surface area (Å²) in [6.45, 7) is 6.08. The highest BCUT2D eigenvalue weighted by molar-refractivity contribution is 6.99. The Balaban J connectivity index is 2.71. The molecule has 0 saturated heterocycles. The Morgan fingerprint density at radius 3 is 1.89 bits per heavy atom. The minimum atomic E-state index is -3.00. The molecule has 2 N–H and O–H groups in total. The Hall–Kier alpha value is -1.58. The van der Waals surface area contributed by atoms with Gasteiger partial charge in [-0.05, 0) is 16.3 Å². The molecule has 0 aliphatic rings. The summed E-state index contributed by atoms with van der Waals surface area (Å²) in [7, 11) is -3.00. The summed E-state index contributed by atoms with van der Waals surface area (Å²) in [6.07, 6.45) is 0. The van der Waals surface area contributed by atoms with Crippen molar-refractivity contribution >= 4 is 18.7 Å². The average molecular weight is 272 g/mol. The van der Waals surface area contributed by atoms with E-state index in [1.807, 2.05) is 63.2 Å². The van der Waals surface area contributed by atoms with Crippen molar-refractivity contribution in [2.75, 3.05) is 0 Å². The predicted octanol–water partition coefficient (Wildman–Crippen LogP) is 2.24. The van der Waals surface area contributed by atoms with Gasteiger partial charge in [-0.3, -0.25) is 0 Å². The Bertz CT molecular complexity index is 560. The number of rotatable bonds is 2. The van der Waals surface area contributed by atoms with Gasteiger partial charge in [0.2, 0.25) is 0 Å². The number of aromatic hydroxyl groups is 1. The van der Waals surface area contributed by atoms with Gasteiger partial charge in [0, 0.05) is 5.19 Å². The molecule has 0 aliphatic carbocycles. The summed E-state index contributed by atoms with van der Waals surface area (Å²) >= 11 is 0. The zero-order valence-corrected chi connectivity index (χ0v) is 12.6. The van der Waals surface area contributed by atoms with E-state index in [0.717, 1.165) is 5.19 Å². The van der Waals surface area contributed by atoms with E-state index in [9.17, 15) is 9.90 Å². The van der Waals surface area contributed by atoms with Gasteiger partial charge in [0.25, 0.3) is 8.32 Å². The molecule has 0 bridgehead atoms. The Kier molecular flexibility index (Phi) is 3.52. The molecule has 1 atom stereocenters. The summed E-state index contributed by atoms with van der Waals surface area (Å²) in [4.78, 5) is 11.5. The van der Waals surface area contributed by atoms with Gasteiger partial charge in [-0.15, -0.1) is 0 Å². The molecule has 0 saturated carbocycles. The van der Waals surface area contributed by atoms with Crippen molar-refractivity contribution in [2.45, 2.75) is 25.8 Å². The van der Waals surface area contributed by atoms with Gasteiger partial charge in [-0.25, -0.2) is 0 Å². The van der Waals surface area contributed by atoms with E-state index in [1.165, 1.54) is 0 Å². The lowest BCUT2D eigenvalue weighted by atomic mass is 10.2. The maximum Gasteiger partial charge on any atom is 0.261 e. The van der Waals surface area contributed by atoms with Crippen LogP contribution in [0.1, 0.15) is 20.8 Å². The highest BCUT2D eigenvalue weighted by Crippen LogP contribution is 2.35. The lowest BCUT2D eigenvalue weighted by molar-refractivity contribution is 0.468. The summed E-state index contributed by atoms with van der Waals surface area (Å²) in [6, 6.07) is 16.8. The van der Waals surface area contributed by atoms with Crippen LogP contribution in [-0.2, 0) is 0 Å². The molecule has 0 heterocycles. The van der Waals surface area contributed by atoms with Gasteiger partial charge < -0.3 is 9.90 Å². The predicted molar refractivity (Wildman–Crippen MR) is 81.5 cm³/mol. The second-order valence-corrected chi connectivity index (χ2v) is 9.88. The van der Waals surface area contributed by atoms with Crippen molar-refractivity contribution in [3.8, 4) is 5.75 Å². The second-order valence-electron chi connectivity index (χ2n) is 5.84. The molecule has 100 valence electrons. The third-order valence-corrected chi connectivity index (χ3v) is 8.11. The first-order valence-corrected chi connectivity index (χ1v) is 8.38. The number of para-hydroxylation sites is 1. The zero-order valence-electron chi connectivity index (χ0n) is 11.6. The lowest BCUT2D eigenvalue weighted by Crippen LogP contribution is -2.64. The van der Waals surface area contributed by atoms with E-state index in [0.29, 0.717) is 5.19 Å². The smallest absolute Gasteiger partial charge is 0.261 e. The van der Waals surface area contributed by atoms with Crippen LogP contribution in [0, 0.1) is 0 Å². The first-order chi connectivity index (χ1) is 8.87. The van der Waals surface area contributed by atoms with Crippen molar-refractivity contribution in [3.63, 3.8) is 0 Å². The Morgan fingerprint density at radius 1 is 0.842 bits per heavy atom. The van der Waals surface area contributed by atoms with Gasteiger partial charge in [-0.2, -0.15) is 0 Å². The first kappa shape index (κ1) is 13.8. The normalized spacial score (nSPS) is 14.9. The van der Waals surface area contributed by atoms with E-state index in [1.54, 1.807) is 12.1 Å². The zero-order chi connectivity index (χ0) is 14.1. The molecule has 19 heavy (non-hydrogen) atoms. The molecule has 2 aromatic rings. The van der Waals surface area contributed by atoms with E-state index < -0.39 is 8.32 Å². The van der Waals surface area contributed by atoms with Gasteiger partial charge in [0.15, 0.2) is 0 Å². The van der Waals surface area contributed by atoms with Crippen molar-refractivity contribution < 1.29 is 9.90 Å². The minimum Gasteiger partial charge on any atom is -0.508 e. The number of benzene rings is 2. The fourth-order valence-electron chi connectivity index (χ4n) is 2.45. The molecule has 2 rings (SSSR count). The second kappa shape index (κ2) is 4.83. The van der Waals surface area contributed by atoms with E-state index >= 15 is 0 Å². The highest BCUT2D eigenvalue weighted by Gasteiger charge is 2.48. The molecule has 0 spiro atoms. The van der Waals surface area contributed by atoms with Crippen LogP contribution in [0.4, 0.5) is 0 Å². The Morgan fingerprint density at radius 2 is 1.37 bits per heavy atom. The maximum absolute atomic E-state index is 11.5. The van der Waals surface area contributed by atoms with Crippen LogP contribution >= 0.6 is 0 Å². The van der Waals surface area contributed by atoms with Crippen LogP contribution in [0.3, 0.4) is 0 Å². The standard InChI is InChI=1S/C16H20O2Si/c1-16(2,3)19(18,13-9-5-4-6-10-13)15-12-8-7-11-14(15)17/h4-12,17-18H,1-3H3. The van der Waals surface area contributed by atoms with E-state index in [4.69, 9.17) is 0 Å². The molecule has 0 aliphatic heterocycles. The molecule has 2 nitrogen and oxygen atoms in total. The third kappa shape index (κ3) is 2.31. The highest BCUT2D eigenvalue weighted by atomic mass is 28.4. The fourth-order valence-corrected chi connectivity index (χ4v) is 5.90. The van der Waals surface area contributed by atoms with Crippen LogP contribution in [0.2, 0.25) is 5.04 Å². The minimum absolute atomic E-state index is 0.176. The molecular weight excluding hydrogens is 252 g/mol. The van der Waals surface area contributed by atoms with E-state index in [2.05, 4.69) is 0 Å². The maximum atomic E-state index is 11.5. The van der Waals surface area contributed by atoms with Crippen LogP contribution in [-0.4, -0.2) is 18.2 Å². The van der Waals surface area contributed by atoms with Gasteiger partial charge in [0.1, 0.15) is 5.75 Å². The van der Waals surface area contributed by atoms with Crippen molar-refractivity contribution in [1.29, 1.82) is 0 Å². The lowest BCUT2D eigenvalue weighted by Gasteiger charge is -2.38. The number of hydrogen-bond acceptors (Lipinski definition) is 2. The number of hydrogen-bond donors (Lipinski definition) is 2. The average Bonchev–Trinajstić information content (AvgIpc) is 2.38. The summed E-state index contributed by atoms with van der Waals surface area (Å²) < 4.78 is 0. The third-order valence-electron chi connectivity index (χ3n) is 3.57. The van der Waals surface area contributed by atoms with Crippen LogP contribution in [0.5, 0.6) is 5.75 Å².